The lowest BCUT2D eigenvalue weighted by atomic mass is 10.1. The first-order valence-electron chi connectivity index (χ1n) is 8.40. The van der Waals surface area contributed by atoms with E-state index >= 15 is 0 Å². The van der Waals surface area contributed by atoms with E-state index < -0.39 is 0 Å². The summed E-state index contributed by atoms with van der Waals surface area (Å²) in [7, 11) is 0. The molecule has 1 aromatic carbocycles. The van der Waals surface area contributed by atoms with Crippen LogP contribution in [0.1, 0.15) is 28.8 Å². The lowest BCUT2D eigenvalue weighted by Gasteiger charge is -2.25. The van der Waals surface area contributed by atoms with Crippen LogP contribution < -0.4 is 9.47 Å². The van der Waals surface area contributed by atoms with Gasteiger partial charge in [0.05, 0.1) is 18.8 Å². The van der Waals surface area contributed by atoms with E-state index in [1.807, 2.05) is 41.0 Å². The van der Waals surface area contributed by atoms with Crippen molar-refractivity contribution in [2.45, 2.75) is 32.4 Å². The van der Waals surface area contributed by atoms with Gasteiger partial charge in [0.25, 0.3) is 5.91 Å². The Balaban J connectivity index is 1.52. The Morgan fingerprint density at radius 2 is 2.12 bits per heavy atom. The molecule has 0 bridgehead atoms. The second-order valence-electron chi connectivity index (χ2n) is 6.39. The number of hydrogen-bond donors (Lipinski definition) is 0. The average molecular weight is 327 g/mol. The third-order valence-corrected chi connectivity index (χ3v) is 4.59. The number of amides is 1. The maximum atomic E-state index is 12.9. The molecule has 3 heterocycles. The largest absolute Gasteiger partial charge is 0.486 e. The van der Waals surface area contributed by atoms with E-state index in [0.717, 1.165) is 31.5 Å². The number of nitrogens with zero attached hydrogens (tertiary/aromatic N) is 3. The Hall–Kier alpha value is -2.50. The Morgan fingerprint density at radius 1 is 1.29 bits per heavy atom. The minimum absolute atomic E-state index is 0.0540. The fourth-order valence-corrected chi connectivity index (χ4v) is 3.42. The number of rotatable bonds is 3. The fraction of sp³-hybridized carbons (Fsp3) is 0.444. The van der Waals surface area contributed by atoms with Crippen LogP contribution in [-0.4, -0.2) is 46.4 Å². The van der Waals surface area contributed by atoms with Gasteiger partial charge in [-0.15, -0.1) is 0 Å². The zero-order chi connectivity index (χ0) is 16.5. The maximum Gasteiger partial charge on any atom is 0.254 e. The summed E-state index contributed by atoms with van der Waals surface area (Å²) in [4.78, 5) is 14.9. The molecule has 0 aliphatic carbocycles. The van der Waals surface area contributed by atoms with E-state index in [-0.39, 0.29) is 11.9 Å². The smallest absolute Gasteiger partial charge is 0.254 e. The molecule has 0 radical (unpaired) electrons. The van der Waals surface area contributed by atoms with Crippen molar-refractivity contribution in [1.82, 2.24) is 14.7 Å². The highest BCUT2D eigenvalue weighted by atomic mass is 16.6. The molecule has 24 heavy (non-hydrogen) atoms. The first kappa shape index (κ1) is 15.1. The molecule has 1 saturated heterocycles. The third-order valence-electron chi connectivity index (χ3n) is 4.59. The van der Waals surface area contributed by atoms with E-state index in [2.05, 4.69) is 5.10 Å². The molecule has 1 fully saturated rings. The highest BCUT2D eigenvalue weighted by Crippen LogP contribution is 2.32. The predicted octanol–water partition coefficient (Wildman–Crippen LogP) is 2.27. The Bertz CT molecular complexity index is 756. The van der Waals surface area contributed by atoms with Gasteiger partial charge in [-0.3, -0.25) is 9.48 Å². The number of hydrogen-bond acceptors (Lipinski definition) is 4. The number of carbonyl (C=O) groups is 1. The predicted molar refractivity (Wildman–Crippen MR) is 88.5 cm³/mol. The molecule has 1 aromatic heterocycles. The van der Waals surface area contributed by atoms with Crippen molar-refractivity contribution in [3.63, 3.8) is 0 Å². The molecule has 4 rings (SSSR count). The first-order valence-corrected chi connectivity index (χ1v) is 8.40. The van der Waals surface area contributed by atoms with E-state index in [1.165, 1.54) is 0 Å². The molecule has 1 amide bonds. The molecule has 126 valence electrons. The Morgan fingerprint density at radius 3 is 2.92 bits per heavy atom. The lowest BCUT2D eigenvalue weighted by Crippen LogP contribution is -2.38. The summed E-state index contributed by atoms with van der Waals surface area (Å²) in [5.41, 5.74) is 1.79. The molecule has 0 saturated carbocycles. The van der Waals surface area contributed by atoms with Crippen LogP contribution in [-0.2, 0) is 6.54 Å². The van der Waals surface area contributed by atoms with Gasteiger partial charge in [-0.2, -0.15) is 5.10 Å². The summed E-state index contributed by atoms with van der Waals surface area (Å²) in [6.07, 6.45) is 5.91. The minimum Gasteiger partial charge on any atom is -0.486 e. The lowest BCUT2D eigenvalue weighted by molar-refractivity contribution is 0.0720. The van der Waals surface area contributed by atoms with Crippen LogP contribution in [0.5, 0.6) is 11.5 Å². The van der Waals surface area contributed by atoms with Crippen LogP contribution in [0.2, 0.25) is 0 Å². The van der Waals surface area contributed by atoms with Crippen LogP contribution in [0.25, 0.3) is 0 Å². The zero-order valence-corrected chi connectivity index (χ0v) is 13.8. The molecule has 2 aliphatic heterocycles. The van der Waals surface area contributed by atoms with Crippen LogP contribution in [0, 0.1) is 6.92 Å². The Kier molecular flexibility index (Phi) is 3.88. The average Bonchev–Trinajstić information content (AvgIpc) is 3.23. The molecule has 1 atom stereocenters. The van der Waals surface area contributed by atoms with Crippen molar-refractivity contribution in [2.24, 2.45) is 0 Å². The summed E-state index contributed by atoms with van der Waals surface area (Å²) >= 11 is 0. The van der Waals surface area contributed by atoms with E-state index in [1.54, 1.807) is 6.07 Å². The number of benzene rings is 1. The second-order valence-corrected chi connectivity index (χ2v) is 6.39. The van der Waals surface area contributed by atoms with E-state index in [9.17, 15) is 4.79 Å². The number of aromatic nitrogens is 2. The fourth-order valence-electron chi connectivity index (χ4n) is 3.42. The van der Waals surface area contributed by atoms with Crippen molar-refractivity contribution in [1.29, 1.82) is 0 Å². The van der Waals surface area contributed by atoms with Crippen molar-refractivity contribution < 1.29 is 14.3 Å². The molecule has 1 unspecified atom stereocenters. The number of carbonyl (C=O) groups excluding carboxylic acids is 1. The van der Waals surface area contributed by atoms with Crippen molar-refractivity contribution in [3.05, 3.63) is 41.7 Å². The molecule has 2 aliphatic rings. The van der Waals surface area contributed by atoms with E-state index in [4.69, 9.17) is 9.47 Å². The molecule has 2 aromatic rings. The standard InChI is InChI=1S/C18H21N3O3/c1-13-10-19-20(11-13)12-15-3-2-6-21(15)18(22)14-4-5-16-17(9-14)24-8-7-23-16/h4-5,9-11,15H,2-3,6-8,12H2,1H3. The second kappa shape index (κ2) is 6.19. The van der Waals surface area contributed by atoms with Gasteiger partial charge in [-0.1, -0.05) is 0 Å². The highest BCUT2D eigenvalue weighted by Gasteiger charge is 2.30. The highest BCUT2D eigenvalue weighted by molar-refractivity contribution is 5.95. The monoisotopic (exact) mass is 327 g/mol. The zero-order valence-electron chi connectivity index (χ0n) is 13.8. The van der Waals surface area contributed by atoms with Gasteiger partial charge in [0.1, 0.15) is 13.2 Å². The van der Waals surface area contributed by atoms with Gasteiger partial charge in [0.2, 0.25) is 0 Å². The van der Waals surface area contributed by atoms with Crippen molar-refractivity contribution in [3.8, 4) is 11.5 Å². The van der Waals surface area contributed by atoms with Crippen LogP contribution in [0.3, 0.4) is 0 Å². The minimum atomic E-state index is 0.0540. The summed E-state index contributed by atoms with van der Waals surface area (Å²) in [5.74, 6) is 1.42. The van der Waals surface area contributed by atoms with Crippen molar-refractivity contribution in [2.75, 3.05) is 19.8 Å². The van der Waals surface area contributed by atoms with Gasteiger partial charge in [-0.25, -0.2) is 0 Å². The molecular weight excluding hydrogens is 306 g/mol. The quantitative estimate of drug-likeness (QED) is 0.868. The number of fused-ring (bicyclic) bond motifs is 1. The summed E-state index contributed by atoms with van der Waals surface area (Å²) < 4.78 is 13.0. The van der Waals surface area contributed by atoms with Gasteiger partial charge >= 0.3 is 0 Å². The van der Waals surface area contributed by atoms with Crippen molar-refractivity contribution >= 4 is 5.91 Å². The first-order chi connectivity index (χ1) is 11.7. The molecule has 6 heteroatoms. The molecule has 0 spiro atoms. The maximum absolute atomic E-state index is 12.9. The Labute approximate surface area is 141 Å². The van der Waals surface area contributed by atoms with E-state index in [0.29, 0.717) is 30.3 Å². The summed E-state index contributed by atoms with van der Waals surface area (Å²) in [5, 5.41) is 4.35. The molecule has 0 N–H and O–H groups in total. The van der Waals surface area contributed by atoms with Gasteiger partial charge < -0.3 is 14.4 Å². The van der Waals surface area contributed by atoms with Gasteiger partial charge in [-0.05, 0) is 43.5 Å². The van der Waals surface area contributed by atoms with Gasteiger partial charge in [0.15, 0.2) is 11.5 Å². The topological polar surface area (TPSA) is 56.6 Å². The number of likely N-dealkylation sites (tertiary alicyclic amines) is 1. The normalized spacial score (nSPS) is 19.5. The van der Waals surface area contributed by atoms with Crippen LogP contribution in [0.15, 0.2) is 30.6 Å². The number of ether oxygens (including phenoxy) is 2. The summed E-state index contributed by atoms with van der Waals surface area (Å²) in [6.45, 7) is 4.63. The van der Waals surface area contributed by atoms with Crippen LogP contribution >= 0.6 is 0 Å². The van der Waals surface area contributed by atoms with Crippen LogP contribution in [0.4, 0.5) is 0 Å². The SMILES string of the molecule is Cc1cnn(CC2CCCN2C(=O)c2ccc3c(c2)OCCO3)c1. The number of aryl methyl sites for hydroxylation is 1. The summed E-state index contributed by atoms with van der Waals surface area (Å²) in [6, 6.07) is 5.63. The molecular formula is C18H21N3O3. The van der Waals surface area contributed by atoms with Gasteiger partial charge in [0, 0.05) is 18.3 Å². The third kappa shape index (κ3) is 2.84. The molecule has 6 nitrogen and oxygen atoms in total.